The Hall–Kier alpha value is -2.00. The highest BCUT2D eigenvalue weighted by Crippen LogP contribution is 2.23. The van der Waals surface area contributed by atoms with Crippen molar-refractivity contribution in [3.8, 4) is 11.5 Å². The first-order valence-electron chi connectivity index (χ1n) is 5.73. The molecule has 0 aliphatic heterocycles. The van der Waals surface area contributed by atoms with Crippen molar-refractivity contribution in [3.63, 3.8) is 0 Å². The molecule has 2 aromatic carbocycles. The molecule has 0 fully saturated rings. The Balaban J connectivity index is 2.13. The van der Waals surface area contributed by atoms with Gasteiger partial charge in [-0.2, -0.15) is 0 Å². The second-order valence-electron chi connectivity index (χ2n) is 3.94. The van der Waals surface area contributed by atoms with Crippen LogP contribution in [0.4, 0.5) is 0 Å². The molecule has 3 nitrogen and oxygen atoms in total. The minimum absolute atomic E-state index is 0.346. The third kappa shape index (κ3) is 3.48. The van der Waals surface area contributed by atoms with Crippen molar-refractivity contribution < 1.29 is 14.3 Å². The van der Waals surface area contributed by atoms with E-state index in [4.69, 9.17) is 21.1 Å². The summed E-state index contributed by atoms with van der Waals surface area (Å²) in [7, 11) is 1.61. The number of carbonyl (C=O) groups excluding carboxylic acids is 1. The predicted octanol–water partition coefficient (Wildman–Crippen LogP) is 3.74. The molecule has 0 aromatic heterocycles. The van der Waals surface area contributed by atoms with E-state index in [2.05, 4.69) is 0 Å². The second kappa shape index (κ2) is 6.25. The molecule has 0 spiro atoms. The average molecular weight is 277 g/mol. The zero-order valence-corrected chi connectivity index (χ0v) is 11.2. The van der Waals surface area contributed by atoms with Gasteiger partial charge in [0.1, 0.15) is 18.1 Å². The number of carbonyl (C=O) groups is 1. The highest BCUT2D eigenvalue weighted by atomic mass is 35.5. The molecule has 98 valence electrons. The molecule has 0 aliphatic carbocycles. The van der Waals surface area contributed by atoms with Crippen molar-refractivity contribution >= 4 is 17.9 Å². The lowest BCUT2D eigenvalue weighted by Crippen LogP contribution is -1.98. The molecule has 2 aromatic rings. The van der Waals surface area contributed by atoms with Crippen LogP contribution in [0.15, 0.2) is 42.5 Å². The molecule has 0 atom stereocenters. The minimum Gasteiger partial charge on any atom is -0.497 e. The zero-order chi connectivity index (χ0) is 13.7. The van der Waals surface area contributed by atoms with Crippen LogP contribution in [0.25, 0.3) is 0 Å². The smallest absolute Gasteiger partial charge is 0.153 e. The Morgan fingerprint density at radius 2 is 2.05 bits per heavy atom. The van der Waals surface area contributed by atoms with Crippen LogP contribution < -0.4 is 9.47 Å². The van der Waals surface area contributed by atoms with Crippen molar-refractivity contribution in [1.29, 1.82) is 0 Å². The molecule has 0 amide bonds. The quantitative estimate of drug-likeness (QED) is 0.781. The third-order valence-electron chi connectivity index (χ3n) is 2.63. The van der Waals surface area contributed by atoms with Gasteiger partial charge in [-0.3, -0.25) is 4.79 Å². The van der Waals surface area contributed by atoms with Gasteiger partial charge in [0.15, 0.2) is 6.29 Å². The third-order valence-corrected chi connectivity index (χ3v) is 2.87. The van der Waals surface area contributed by atoms with E-state index >= 15 is 0 Å². The lowest BCUT2D eigenvalue weighted by atomic mass is 10.2. The molecule has 19 heavy (non-hydrogen) atoms. The topological polar surface area (TPSA) is 35.5 Å². The Morgan fingerprint density at radius 3 is 2.79 bits per heavy atom. The van der Waals surface area contributed by atoms with Gasteiger partial charge in [0.05, 0.1) is 12.7 Å². The number of aldehydes is 1. The molecule has 0 unspecified atom stereocenters. The molecule has 2 rings (SSSR count). The van der Waals surface area contributed by atoms with E-state index in [-0.39, 0.29) is 0 Å². The number of hydrogen-bond acceptors (Lipinski definition) is 3. The van der Waals surface area contributed by atoms with Crippen LogP contribution in [0.1, 0.15) is 15.9 Å². The van der Waals surface area contributed by atoms with Gasteiger partial charge in [-0.25, -0.2) is 0 Å². The summed E-state index contributed by atoms with van der Waals surface area (Å²) in [5.74, 6) is 1.24. The van der Waals surface area contributed by atoms with Crippen LogP contribution in [-0.2, 0) is 6.61 Å². The fraction of sp³-hybridized carbons (Fsp3) is 0.133. The summed E-state index contributed by atoms with van der Waals surface area (Å²) >= 11 is 5.89. The minimum atomic E-state index is 0.346. The first-order valence-corrected chi connectivity index (χ1v) is 6.11. The lowest BCUT2D eigenvalue weighted by molar-refractivity contribution is 0.111. The van der Waals surface area contributed by atoms with E-state index in [1.807, 2.05) is 24.3 Å². The van der Waals surface area contributed by atoms with E-state index < -0.39 is 0 Å². The van der Waals surface area contributed by atoms with Crippen molar-refractivity contribution in [2.75, 3.05) is 7.11 Å². The van der Waals surface area contributed by atoms with E-state index in [0.29, 0.717) is 22.9 Å². The van der Waals surface area contributed by atoms with Gasteiger partial charge in [0, 0.05) is 5.02 Å². The molecule has 0 aliphatic rings. The largest absolute Gasteiger partial charge is 0.497 e. The molecule has 4 heteroatoms. The van der Waals surface area contributed by atoms with Gasteiger partial charge in [0.2, 0.25) is 0 Å². The monoisotopic (exact) mass is 276 g/mol. The molecule has 0 N–H and O–H groups in total. The molecule has 0 saturated carbocycles. The van der Waals surface area contributed by atoms with Crippen LogP contribution >= 0.6 is 11.6 Å². The molecular weight excluding hydrogens is 264 g/mol. The van der Waals surface area contributed by atoms with Gasteiger partial charge in [-0.15, -0.1) is 0 Å². The van der Waals surface area contributed by atoms with Crippen LogP contribution in [0.2, 0.25) is 5.02 Å². The van der Waals surface area contributed by atoms with Gasteiger partial charge in [0.25, 0.3) is 0 Å². The predicted molar refractivity (Wildman–Crippen MR) is 74.2 cm³/mol. The second-order valence-corrected chi connectivity index (χ2v) is 4.38. The summed E-state index contributed by atoms with van der Waals surface area (Å²) in [5.41, 5.74) is 1.43. The highest BCUT2D eigenvalue weighted by Gasteiger charge is 2.05. The highest BCUT2D eigenvalue weighted by molar-refractivity contribution is 6.30. The zero-order valence-electron chi connectivity index (χ0n) is 10.4. The number of hydrogen-bond donors (Lipinski definition) is 0. The molecular formula is C15H13ClO3. The molecule has 0 radical (unpaired) electrons. The van der Waals surface area contributed by atoms with Crippen LogP contribution in [0.3, 0.4) is 0 Å². The standard InChI is InChI=1S/C15H13ClO3/c1-18-14-4-2-3-11(7-14)10-19-15-8-13(16)6-5-12(15)9-17/h2-9H,10H2,1H3. The molecule has 0 heterocycles. The van der Waals surface area contributed by atoms with Crippen LogP contribution in [-0.4, -0.2) is 13.4 Å². The van der Waals surface area contributed by atoms with Gasteiger partial charge in [-0.05, 0) is 35.9 Å². The Morgan fingerprint density at radius 1 is 1.21 bits per heavy atom. The van der Waals surface area contributed by atoms with E-state index in [9.17, 15) is 4.79 Å². The normalized spacial score (nSPS) is 10.0. The van der Waals surface area contributed by atoms with E-state index in [0.717, 1.165) is 17.6 Å². The number of rotatable bonds is 5. The van der Waals surface area contributed by atoms with Crippen molar-refractivity contribution in [1.82, 2.24) is 0 Å². The van der Waals surface area contributed by atoms with Crippen molar-refractivity contribution in [3.05, 3.63) is 58.6 Å². The maximum absolute atomic E-state index is 10.9. The van der Waals surface area contributed by atoms with Crippen LogP contribution in [0.5, 0.6) is 11.5 Å². The Kier molecular flexibility index (Phi) is 4.42. The fourth-order valence-corrected chi connectivity index (χ4v) is 1.82. The van der Waals surface area contributed by atoms with Crippen LogP contribution in [0, 0.1) is 0 Å². The number of ether oxygens (including phenoxy) is 2. The average Bonchev–Trinajstić information content (AvgIpc) is 2.45. The van der Waals surface area contributed by atoms with Crippen molar-refractivity contribution in [2.24, 2.45) is 0 Å². The van der Waals surface area contributed by atoms with Crippen molar-refractivity contribution in [2.45, 2.75) is 6.61 Å². The molecule has 0 bridgehead atoms. The lowest BCUT2D eigenvalue weighted by Gasteiger charge is -2.09. The summed E-state index contributed by atoms with van der Waals surface area (Å²) in [6.45, 7) is 0.346. The summed E-state index contributed by atoms with van der Waals surface area (Å²) in [4.78, 5) is 10.9. The first-order chi connectivity index (χ1) is 9.22. The summed E-state index contributed by atoms with van der Waals surface area (Å²) in [6.07, 6.45) is 0.747. The first kappa shape index (κ1) is 13.4. The SMILES string of the molecule is COc1cccc(COc2cc(Cl)ccc2C=O)c1. The van der Waals surface area contributed by atoms with E-state index in [1.165, 1.54) is 0 Å². The summed E-state index contributed by atoms with van der Waals surface area (Å²) in [6, 6.07) is 12.5. The summed E-state index contributed by atoms with van der Waals surface area (Å²) < 4.78 is 10.8. The van der Waals surface area contributed by atoms with Gasteiger partial charge in [-0.1, -0.05) is 23.7 Å². The molecule has 0 saturated heterocycles. The maximum Gasteiger partial charge on any atom is 0.153 e. The number of methoxy groups -OCH3 is 1. The fourth-order valence-electron chi connectivity index (χ4n) is 1.65. The van der Waals surface area contributed by atoms with Gasteiger partial charge >= 0.3 is 0 Å². The Bertz CT molecular complexity index is 581. The van der Waals surface area contributed by atoms with E-state index in [1.54, 1.807) is 25.3 Å². The Labute approximate surface area is 116 Å². The summed E-state index contributed by atoms with van der Waals surface area (Å²) in [5, 5.41) is 0.534. The van der Waals surface area contributed by atoms with Gasteiger partial charge < -0.3 is 9.47 Å². The number of benzene rings is 2. The maximum atomic E-state index is 10.9. The number of halogens is 1.